The van der Waals surface area contributed by atoms with Gasteiger partial charge in [-0.1, -0.05) is 90.9 Å². The fraction of sp³-hybridized carbons (Fsp3) is 1.00. The number of halogens is 1. The molecule has 0 bridgehead atoms. The molecule has 24 heavy (non-hydrogen) atoms. The van der Waals surface area contributed by atoms with Crippen LogP contribution in [0.5, 0.6) is 0 Å². The molecule has 0 rings (SSSR count). The van der Waals surface area contributed by atoms with Gasteiger partial charge in [-0.25, -0.2) is 5.21 Å². The maximum Gasteiger partial charge on any atom is 0.108 e. The van der Waals surface area contributed by atoms with E-state index in [2.05, 4.69) is 13.8 Å². The van der Waals surface area contributed by atoms with Crippen molar-refractivity contribution in [3.8, 4) is 0 Å². The number of unbranched alkanes of at least 4 members (excludes halogenated alkanes) is 14. The Hall–Kier alpha value is 0.210. The van der Waals surface area contributed by atoms with Crippen molar-refractivity contribution in [2.45, 2.75) is 117 Å². The fourth-order valence-corrected chi connectivity index (χ4v) is 3.28. The summed E-state index contributed by atoms with van der Waals surface area (Å²) in [5.41, 5.74) is 0. The molecule has 0 fully saturated rings. The first-order valence-electron chi connectivity index (χ1n) is 10.7. The summed E-state index contributed by atoms with van der Waals surface area (Å²) in [6.45, 7) is 6.41. The predicted molar refractivity (Wildman–Crippen MR) is 103 cm³/mol. The zero-order valence-electron chi connectivity index (χ0n) is 17.0. The van der Waals surface area contributed by atoms with E-state index >= 15 is 0 Å². The molecule has 0 aromatic rings. The van der Waals surface area contributed by atoms with Crippen LogP contribution in [0, 0.1) is 0 Å². The van der Waals surface area contributed by atoms with E-state index in [1.165, 1.54) is 103 Å². The van der Waals surface area contributed by atoms with Crippen LogP contribution < -0.4 is 12.4 Å². The molecule has 0 saturated heterocycles. The zero-order chi connectivity index (χ0) is 17.2. The van der Waals surface area contributed by atoms with E-state index in [0.717, 1.165) is 13.1 Å². The number of hydrogen-bond donors (Lipinski definition) is 1. The Morgan fingerprint density at radius 1 is 0.500 bits per heavy atom. The molecule has 0 amide bonds. The van der Waals surface area contributed by atoms with Gasteiger partial charge in [-0.2, -0.15) is 4.65 Å². The van der Waals surface area contributed by atoms with E-state index in [0.29, 0.717) is 0 Å². The van der Waals surface area contributed by atoms with Gasteiger partial charge in [-0.15, -0.1) is 0 Å². The lowest BCUT2D eigenvalue weighted by Crippen LogP contribution is -3.00. The summed E-state index contributed by atoms with van der Waals surface area (Å²) >= 11 is 0. The van der Waals surface area contributed by atoms with Gasteiger partial charge < -0.3 is 12.4 Å². The SMILES string of the molecule is CCCCCCCCCC[N+](C)(O)CCCCCCCCCC.[Cl-]. The molecule has 0 aromatic carbocycles. The van der Waals surface area contributed by atoms with Crippen LogP contribution in [0.1, 0.15) is 117 Å². The van der Waals surface area contributed by atoms with Crippen molar-refractivity contribution in [3.63, 3.8) is 0 Å². The summed E-state index contributed by atoms with van der Waals surface area (Å²) in [6.07, 6.45) is 21.5. The van der Waals surface area contributed by atoms with Crippen LogP contribution in [0.3, 0.4) is 0 Å². The Labute approximate surface area is 159 Å². The van der Waals surface area contributed by atoms with Gasteiger partial charge >= 0.3 is 0 Å². The van der Waals surface area contributed by atoms with Crippen LogP contribution in [0.4, 0.5) is 0 Å². The van der Waals surface area contributed by atoms with Crippen molar-refractivity contribution in [2.24, 2.45) is 0 Å². The van der Waals surface area contributed by atoms with Gasteiger partial charge in [0.05, 0.1) is 7.05 Å². The Morgan fingerprint density at radius 2 is 0.750 bits per heavy atom. The largest absolute Gasteiger partial charge is 1.00 e. The van der Waals surface area contributed by atoms with E-state index in [4.69, 9.17) is 0 Å². The van der Waals surface area contributed by atoms with E-state index in [9.17, 15) is 5.21 Å². The topological polar surface area (TPSA) is 20.2 Å². The monoisotopic (exact) mass is 363 g/mol. The van der Waals surface area contributed by atoms with Crippen LogP contribution >= 0.6 is 0 Å². The average molecular weight is 364 g/mol. The number of hydroxylamine groups is 3. The number of quaternary nitrogens is 1. The van der Waals surface area contributed by atoms with Crippen LogP contribution in [0.25, 0.3) is 0 Å². The van der Waals surface area contributed by atoms with Crippen molar-refractivity contribution < 1.29 is 22.3 Å². The van der Waals surface area contributed by atoms with Crippen LogP contribution in [0.15, 0.2) is 0 Å². The molecule has 1 N–H and O–H groups in total. The van der Waals surface area contributed by atoms with Crippen LogP contribution in [-0.4, -0.2) is 30.0 Å². The van der Waals surface area contributed by atoms with E-state index in [-0.39, 0.29) is 17.1 Å². The molecule has 0 atom stereocenters. The molecule has 0 unspecified atom stereocenters. The van der Waals surface area contributed by atoms with E-state index < -0.39 is 0 Å². The highest BCUT2D eigenvalue weighted by Crippen LogP contribution is 2.12. The van der Waals surface area contributed by atoms with Gasteiger partial charge in [0.15, 0.2) is 0 Å². The quantitative estimate of drug-likeness (QED) is 0.221. The standard InChI is InChI=1S/C21H46NO.ClH/c1-4-6-8-10-12-14-16-18-20-22(3,23)21-19-17-15-13-11-9-7-5-2;/h23H,4-21H2,1-3H3;1H/q+1;/p-1. The van der Waals surface area contributed by atoms with Crippen molar-refractivity contribution in [1.82, 2.24) is 0 Å². The van der Waals surface area contributed by atoms with Gasteiger partial charge in [-0.3, -0.25) is 0 Å². The second kappa shape index (κ2) is 19.5. The van der Waals surface area contributed by atoms with Gasteiger partial charge in [-0.05, 0) is 25.7 Å². The fourth-order valence-electron chi connectivity index (χ4n) is 3.28. The second-order valence-electron chi connectivity index (χ2n) is 7.74. The van der Waals surface area contributed by atoms with Crippen molar-refractivity contribution in [1.29, 1.82) is 0 Å². The first kappa shape index (κ1) is 26.4. The van der Waals surface area contributed by atoms with E-state index in [1.807, 2.05) is 7.05 Å². The highest BCUT2D eigenvalue weighted by Gasteiger charge is 2.17. The molecule has 3 heteroatoms. The molecule has 0 saturated carbocycles. The molecule has 0 heterocycles. The molecule has 148 valence electrons. The molecule has 0 aromatic heterocycles. The molecule has 0 aliphatic heterocycles. The van der Waals surface area contributed by atoms with Gasteiger partial charge in [0.2, 0.25) is 0 Å². The third-order valence-corrected chi connectivity index (χ3v) is 4.99. The maximum absolute atomic E-state index is 10.4. The summed E-state index contributed by atoms with van der Waals surface area (Å²) in [5, 5.41) is 10.4. The molecular formula is C21H46ClNO. The molecule has 0 spiro atoms. The average Bonchev–Trinajstić information content (AvgIpc) is 2.52. The highest BCUT2D eigenvalue weighted by atomic mass is 35.5. The Bertz CT molecular complexity index is 212. The number of hydrogen-bond acceptors (Lipinski definition) is 1. The maximum atomic E-state index is 10.4. The molecule has 0 radical (unpaired) electrons. The lowest BCUT2D eigenvalue weighted by molar-refractivity contribution is -1.09. The molecule has 2 nitrogen and oxygen atoms in total. The van der Waals surface area contributed by atoms with E-state index in [1.54, 1.807) is 0 Å². The summed E-state index contributed by atoms with van der Waals surface area (Å²) in [5.74, 6) is 0. The summed E-state index contributed by atoms with van der Waals surface area (Å²) in [7, 11) is 1.99. The van der Waals surface area contributed by atoms with Crippen molar-refractivity contribution in [2.75, 3.05) is 20.1 Å². The highest BCUT2D eigenvalue weighted by molar-refractivity contribution is 4.48. The predicted octanol–water partition coefficient (Wildman–Crippen LogP) is 4.11. The first-order chi connectivity index (χ1) is 11.1. The Kier molecular flexibility index (Phi) is 21.5. The first-order valence-corrected chi connectivity index (χ1v) is 10.7. The molecule has 0 aliphatic rings. The minimum absolute atomic E-state index is 0. The lowest BCUT2D eigenvalue weighted by Gasteiger charge is -2.25. The van der Waals surface area contributed by atoms with Crippen LogP contribution in [-0.2, 0) is 0 Å². The summed E-state index contributed by atoms with van der Waals surface area (Å²) in [6, 6.07) is 0. The zero-order valence-corrected chi connectivity index (χ0v) is 17.8. The number of nitrogens with zero attached hydrogens (tertiary/aromatic N) is 1. The summed E-state index contributed by atoms with van der Waals surface area (Å²) in [4.78, 5) is 0. The van der Waals surface area contributed by atoms with Gasteiger partial charge in [0.1, 0.15) is 13.1 Å². The normalized spacial score (nSPS) is 11.5. The smallest absolute Gasteiger partial charge is 0.108 e. The third kappa shape index (κ3) is 20.3. The summed E-state index contributed by atoms with van der Waals surface area (Å²) < 4.78 is 0.242. The molecular weight excluding hydrogens is 318 g/mol. The molecule has 0 aliphatic carbocycles. The van der Waals surface area contributed by atoms with Crippen LogP contribution in [0.2, 0.25) is 0 Å². The Balaban J connectivity index is 0. The number of rotatable bonds is 18. The third-order valence-electron chi connectivity index (χ3n) is 4.99. The van der Waals surface area contributed by atoms with Gasteiger partial charge in [0, 0.05) is 0 Å². The van der Waals surface area contributed by atoms with Gasteiger partial charge in [0.25, 0.3) is 0 Å². The Morgan fingerprint density at radius 3 is 1.04 bits per heavy atom. The lowest BCUT2D eigenvalue weighted by atomic mass is 10.1. The second-order valence-corrected chi connectivity index (χ2v) is 7.74. The minimum Gasteiger partial charge on any atom is -1.00 e. The van der Waals surface area contributed by atoms with Crippen molar-refractivity contribution in [3.05, 3.63) is 0 Å². The van der Waals surface area contributed by atoms with Crippen molar-refractivity contribution >= 4 is 0 Å². The minimum atomic E-state index is 0.